The number of aryl methyl sites for hydroxylation is 2. The predicted octanol–water partition coefficient (Wildman–Crippen LogP) is 2.89. The van der Waals surface area contributed by atoms with Gasteiger partial charge >= 0.3 is 0 Å². The fraction of sp³-hybridized carbons (Fsp3) is 0.462. The maximum atomic E-state index is 4.45. The average molecular weight is 249 g/mol. The molecule has 0 spiro atoms. The Morgan fingerprint density at radius 3 is 3.00 bits per heavy atom. The Morgan fingerprint density at radius 1 is 1.53 bits per heavy atom. The Hall–Kier alpha value is -1.13. The molecule has 2 aromatic heterocycles. The Kier molecular flexibility index (Phi) is 3.97. The minimum atomic E-state index is 0.403. The molecular formula is C13H19N3S. The van der Waals surface area contributed by atoms with Crippen LogP contribution in [0, 0.1) is 0 Å². The third kappa shape index (κ3) is 2.96. The summed E-state index contributed by atoms with van der Waals surface area (Å²) in [6, 6.07) is 4.67. The van der Waals surface area contributed by atoms with Gasteiger partial charge in [0.1, 0.15) is 0 Å². The molecule has 0 aliphatic heterocycles. The smallest absolute Gasteiger partial charge is 0.0666 e. The number of rotatable bonds is 5. The Labute approximate surface area is 106 Å². The first-order chi connectivity index (χ1) is 8.20. The second-order valence-electron chi connectivity index (χ2n) is 4.25. The topological polar surface area (TPSA) is 29.9 Å². The second kappa shape index (κ2) is 5.47. The van der Waals surface area contributed by atoms with Crippen LogP contribution < -0.4 is 5.32 Å². The molecule has 17 heavy (non-hydrogen) atoms. The predicted molar refractivity (Wildman–Crippen MR) is 72.2 cm³/mol. The molecule has 0 saturated heterocycles. The van der Waals surface area contributed by atoms with Crippen LogP contribution in [0.2, 0.25) is 0 Å². The monoisotopic (exact) mass is 249 g/mol. The Bertz CT molecular complexity index is 459. The summed E-state index contributed by atoms with van der Waals surface area (Å²) in [7, 11) is 1.98. The van der Waals surface area contributed by atoms with Gasteiger partial charge in [0.15, 0.2) is 0 Å². The van der Waals surface area contributed by atoms with Crippen molar-refractivity contribution in [2.45, 2.75) is 32.9 Å². The highest BCUT2D eigenvalue weighted by atomic mass is 32.1. The van der Waals surface area contributed by atoms with Gasteiger partial charge in [0.05, 0.1) is 5.69 Å². The first-order valence-electron chi connectivity index (χ1n) is 5.99. The lowest BCUT2D eigenvalue weighted by Gasteiger charge is -2.11. The van der Waals surface area contributed by atoms with Crippen LogP contribution >= 0.6 is 11.3 Å². The van der Waals surface area contributed by atoms with Gasteiger partial charge in [-0.2, -0.15) is 5.10 Å². The highest BCUT2D eigenvalue weighted by molar-refractivity contribution is 7.10. The number of nitrogens with one attached hydrogen (secondary N) is 1. The minimum absolute atomic E-state index is 0.403. The van der Waals surface area contributed by atoms with Crippen molar-refractivity contribution in [2.24, 2.45) is 7.05 Å². The van der Waals surface area contributed by atoms with Crippen molar-refractivity contribution in [1.82, 2.24) is 15.1 Å². The van der Waals surface area contributed by atoms with E-state index in [1.807, 2.05) is 11.7 Å². The van der Waals surface area contributed by atoms with Crippen molar-refractivity contribution in [3.05, 3.63) is 39.8 Å². The van der Waals surface area contributed by atoms with E-state index in [-0.39, 0.29) is 0 Å². The maximum Gasteiger partial charge on any atom is 0.0666 e. The lowest BCUT2D eigenvalue weighted by atomic mass is 10.2. The number of nitrogens with zero attached hydrogens (tertiary/aromatic N) is 2. The molecule has 0 saturated carbocycles. The van der Waals surface area contributed by atoms with Crippen molar-refractivity contribution in [3.63, 3.8) is 0 Å². The molecule has 2 rings (SSSR count). The highest BCUT2D eigenvalue weighted by Gasteiger charge is 2.09. The zero-order valence-electron chi connectivity index (χ0n) is 10.6. The molecule has 0 fully saturated rings. The van der Waals surface area contributed by atoms with Gasteiger partial charge in [-0.1, -0.05) is 13.0 Å². The number of hydrogen-bond acceptors (Lipinski definition) is 3. The summed E-state index contributed by atoms with van der Waals surface area (Å²) in [4.78, 5) is 1.38. The van der Waals surface area contributed by atoms with Crippen LogP contribution in [-0.4, -0.2) is 9.78 Å². The van der Waals surface area contributed by atoms with Crippen LogP contribution in [0.1, 0.15) is 36.0 Å². The quantitative estimate of drug-likeness (QED) is 0.883. The van der Waals surface area contributed by atoms with E-state index in [1.54, 1.807) is 11.3 Å². The average Bonchev–Trinajstić information content (AvgIpc) is 2.94. The zero-order valence-corrected chi connectivity index (χ0v) is 11.4. The molecule has 0 radical (unpaired) electrons. The van der Waals surface area contributed by atoms with Gasteiger partial charge in [-0.3, -0.25) is 4.68 Å². The summed E-state index contributed by atoms with van der Waals surface area (Å²) in [6.45, 7) is 5.23. The molecule has 0 bridgehead atoms. The standard InChI is InChI=1S/C13H19N3S/c1-4-12-11(9-16(3)15-12)8-14-10(2)13-6-5-7-17-13/h5-7,9-10,14H,4,8H2,1-3H3. The molecule has 2 aromatic rings. The Balaban J connectivity index is 1.97. The second-order valence-corrected chi connectivity index (χ2v) is 5.23. The molecule has 4 heteroatoms. The van der Waals surface area contributed by atoms with Crippen molar-refractivity contribution in [2.75, 3.05) is 0 Å². The normalized spacial score (nSPS) is 12.9. The van der Waals surface area contributed by atoms with E-state index in [4.69, 9.17) is 0 Å². The van der Waals surface area contributed by atoms with Gasteiger partial charge in [0, 0.05) is 36.3 Å². The summed E-state index contributed by atoms with van der Waals surface area (Å²) in [5.41, 5.74) is 2.50. The van der Waals surface area contributed by atoms with Crippen LogP contribution in [0.4, 0.5) is 0 Å². The molecule has 0 aromatic carbocycles. The van der Waals surface area contributed by atoms with Crippen molar-refractivity contribution in [1.29, 1.82) is 0 Å². The van der Waals surface area contributed by atoms with E-state index in [2.05, 4.69) is 48.0 Å². The lowest BCUT2D eigenvalue weighted by molar-refractivity contribution is 0.580. The van der Waals surface area contributed by atoms with Gasteiger partial charge in [-0.15, -0.1) is 11.3 Å². The van der Waals surface area contributed by atoms with Crippen molar-refractivity contribution in [3.8, 4) is 0 Å². The SMILES string of the molecule is CCc1nn(C)cc1CNC(C)c1cccs1. The Morgan fingerprint density at radius 2 is 2.35 bits per heavy atom. The fourth-order valence-corrected chi connectivity index (χ4v) is 2.69. The van der Waals surface area contributed by atoms with Crippen LogP contribution in [0.3, 0.4) is 0 Å². The van der Waals surface area contributed by atoms with Crippen molar-refractivity contribution < 1.29 is 0 Å². The molecule has 1 unspecified atom stereocenters. The van der Waals surface area contributed by atoms with Gasteiger partial charge in [0.25, 0.3) is 0 Å². The molecule has 3 nitrogen and oxygen atoms in total. The van der Waals surface area contributed by atoms with Gasteiger partial charge in [0.2, 0.25) is 0 Å². The van der Waals surface area contributed by atoms with Gasteiger partial charge in [-0.25, -0.2) is 0 Å². The van der Waals surface area contributed by atoms with E-state index in [0.29, 0.717) is 6.04 Å². The summed E-state index contributed by atoms with van der Waals surface area (Å²) in [5.74, 6) is 0. The molecule has 0 amide bonds. The third-order valence-electron chi connectivity index (χ3n) is 2.90. The van der Waals surface area contributed by atoms with E-state index in [1.165, 1.54) is 16.1 Å². The van der Waals surface area contributed by atoms with Crippen LogP contribution in [-0.2, 0) is 20.0 Å². The zero-order chi connectivity index (χ0) is 12.3. The number of aromatic nitrogens is 2. The van der Waals surface area contributed by atoms with Crippen molar-refractivity contribution >= 4 is 11.3 Å². The van der Waals surface area contributed by atoms with Gasteiger partial charge in [-0.05, 0) is 24.8 Å². The molecule has 0 aliphatic carbocycles. The van der Waals surface area contributed by atoms with Gasteiger partial charge < -0.3 is 5.32 Å². The van der Waals surface area contributed by atoms with E-state index in [9.17, 15) is 0 Å². The number of thiophene rings is 1. The molecule has 1 atom stereocenters. The molecule has 2 heterocycles. The molecule has 92 valence electrons. The summed E-state index contributed by atoms with van der Waals surface area (Å²) in [5, 5.41) is 10.1. The van der Waals surface area contributed by atoms with Crippen LogP contribution in [0.5, 0.6) is 0 Å². The summed E-state index contributed by atoms with van der Waals surface area (Å²) in [6.07, 6.45) is 3.10. The molecule has 0 aliphatic rings. The van der Waals surface area contributed by atoms with Crippen LogP contribution in [0.25, 0.3) is 0 Å². The van der Waals surface area contributed by atoms with Crippen LogP contribution in [0.15, 0.2) is 23.7 Å². The maximum absolute atomic E-state index is 4.45. The lowest BCUT2D eigenvalue weighted by Crippen LogP contribution is -2.17. The molecular weight excluding hydrogens is 230 g/mol. The fourth-order valence-electron chi connectivity index (χ4n) is 1.93. The number of hydrogen-bond donors (Lipinski definition) is 1. The highest BCUT2D eigenvalue weighted by Crippen LogP contribution is 2.19. The van der Waals surface area contributed by atoms with E-state index < -0.39 is 0 Å². The third-order valence-corrected chi connectivity index (χ3v) is 3.95. The van der Waals surface area contributed by atoms with E-state index >= 15 is 0 Å². The first kappa shape index (κ1) is 12.3. The summed E-state index contributed by atoms with van der Waals surface area (Å²) >= 11 is 1.80. The van der Waals surface area contributed by atoms with E-state index in [0.717, 1.165) is 13.0 Å². The minimum Gasteiger partial charge on any atom is -0.305 e. The summed E-state index contributed by atoms with van der Waals surface area (Å²) < 4.78 is 1.89. The largest absolute Gasteiger partial charge is 0.305 e. The molecule has 1 N–H and O–H groups in total. The first-order valence-corrected chi connectivity index (χ1v) is 6.86.